The van der Waals surface area contributed by atoms with Crippen LogP contribution < -0.4 is 0 Å². The summed E-state index contributed by atoms with van der Waals surface area (Å²) in [6, 6.07) is 15.9. The molecule has 0 bridgehead atoms. The minimum absolute atomic E-state index is 0.706. The van der Waals surface area contributed by atoms with Crippen molar-refractivity contribution in [2.75, 3.05) is 0 Å². The van der Waals surface area contributed by atoms with E-state index >= 15 is 0 Å². The molecule has 2 nitrogen and oxygen atoms in total. The molecule has 1 aromatic heterocycles. The maximum absolute atomic E-state index is 10.8. The number of benzene rings is 2. The SMILES string of the molecule is O=Cc1ccc2[nH]cc(Sc3ccccc3)c2c1. The molecule has 0 fully saturated rings. The number of carbonyl (C=O) groups excluding carboxylic acids is 1. The van der Waals surface area contributed by atoms with Gasteiger partial charge in [-0.2, -0.15) is 0 Å². The first-order valence-corrected chi connectivity index (χ1v) is 6.48. The molecule has 3 heteroatoms. The second-order valence-electron chi connectivity index (χ2n) is 3.99. The molecule has 1 N–H and O–H groups in total. The van der Waals surface area contributed by atoms with Gasteiger partial charge in [0.2, 0.25) is 0 Å². The van der Waals surface area contributed by atoms with Crippen LogP contribution in [-0.2, 0) is 0 Å². The summed E-state index contributed by atoms with van der Waals surface area (Å²) in [6.07, 6.45) is 2.86. The number of aromatic amines is 1. The van der Waals surface area contributed by atoms with Crippen LogP contribution in [-0.4, -0.2) is 11.3 Å². The number of H-pyrrole nitrogens is 1. The monoisotopic (exact) mass is 253 g/mol. The Labute approximate surface area is 109 Å². The Kier molecular flexibility index (Phi) is 2.90. The lowest BCUT2D eigenvalue weighted by molar-refractivity contribution is 0.112. The fourth-order valence-corrected chi connectivity index (χ4v) is 2.83. The zero-order valence-electron chi connectivity index (χ0n) is 9.59. The van der Waals surface area contributed by atoms with Crippen molar-refractivity contribution in [3.8, 4) is 0 Å². The summed E-state index contributed by atoms with van der Waals surface area (Å²) in [5.74, 6) is 0. The largest absolute Gasteiger partial charge is 0.360 e. The highest BCUT2D eigenvalue weighted by atomic mass is 32.2. The van der Waals surface area contributed by atoms with Crippen molar-refractivity contribution >= 4 is 29.0 Å². The van der Waals surface area contributed by atoms with E-state index in [2.05, 4.69) is 17.1 Å². The lowest BCUT2D eigenvalue weighted by atomic mass is 10.2. The number of rotatable bonds is 3. The van der Waals surface area contributed by atoms with Gasteiger partial charge >= 0.3 is 0 Å². The van der Waals surface area contributed by atoms with Crippen LogP contribution in [0.15, 0.2) is 64.5 Å². The van der Waals surface area contributed by atoms with Gasteiger partial charge in [-0.3, -0.25) is 4.79 Å². The summed E-state index contributed by atoms with van der Waals surface area (Å²) in [4.78, 5) is 16.4. The fourth-order valence-electron chi connectivity index (χ4n) is 1.89. The molecule has 0 amide bonds. The van der Waals surface area contributed by atoms with Gasteiger partial charge in [-0.1, -0.05) is 30.0 Å². The third kappa shape index (κ3) is 2.05. The molecule has 0 aliphatic rings. The molecular formula is C15H11NOS. The van der Waals surface area contributed by atoms with Crippen molar-refractivity contribution in [2.24, 2.45) is 0 Å². The molecule has 3 aromatic rings. The van der Waals surface area contributed by atoms with E-state index in [4.69, 9.17) is 0 Å². The minimum Gasteiger partial charge on any atom is -0.360 e. The van der Waals surface area contributed by atoms with Gasteiger partial charge in [0.1, 0.15) is 6.29 Å². The molecule has 0 aliphatic carbocycles. The van der Waals surface area contributed by atoms with Crippen LogP contribution in [0.1, 0.15) is 10.4 Å². The van der Waals surface area contributed by atoms with Crippen molar-refractivity contribution in [2.45, 2.75) is 9.79 Å². The number of aldehydes is 1. The Bertz CT molecular complexity index is 688. The van der Waals surface area contributed by atoms with Crippen LogP contribution in [0.25, 0.3) is 10.9 Å². The van der Waals surface area contributed by atoms with Crippen LogP contribution in [0.5, 0.6) is 0 Å². The topological polar surface area (TPSA) is 32.9 Å². The smallest absolute Gasteiger partial charge is 0.150 e. The Hall–Kier alpha value is -2.00. The molecule has 1 heterocycles. The number of hydrogen-bond donors (Lipinski definition) is 1. The molecule has 2 aromatic carbocycles. The number of hydrogen-bond acceptors (Lipinski definition) is 2. The first kappa shape index (κ1) is 11.1. The third-order valence-electron chi connectivity index (χ3n) is 2.77. The van der Waals surface area contributed by atoms with Gasteiger partial charge in [0.15, 0.2) is 0 Å². The first-order valence-electron chi connectivity index (χ1n) is 5.66. The second-order valence-corrected chi connectivity index (χ2v) is 5.11. The van der Waals surface area contributed by atoms with Crippen LogP contribution in [0.3, 0.4) is 0 Å². The summed E-state index contributed by atoms with van der Waals surface area (Å²) in [7, 11) is 0. The Morgan fingerprint density at radius 1 is 1.06 bits per heavy atom. The van der Waals surface area contributed by atoms with E-state index in [1.807, 2.05) is 42.6 Å². The normalized spacial score (nSPS) is 10.7. The number of aromatic nitrogens is 1. The van der Waals surface area contributed by atoms with E-state index < -0.39 is 0 Å². The van der Waals surface area contributed by atoms with Crippen LogP contribution >= 0.6 is 11.8 Å². The minimum atomic E-state index is 0.706. The average Bonchev–Trinajstić information content (AvgIpc) is 2.82. The van der Waals surface area contributed by atoms with Crippen LogP contribution in [0.4, 0.5) is 0 Å². The summed E-state index contributed by atoms with van der Waals surface area (Å²) in [6.45, 7) is 0. The maximum atomic E-state index is 10.8. The molecular weight excluding hydrogens is 242 g/mol. The molecule has 3 rings (SSSR count). The summed E-state index contributed by atoms with van der Waals surface area (Å²) in [5.41, 5.74) is 1.76. The summed E-state index contributed by atoms with van der Waals surface area (Å²) >= 11 is 1.70. The van der Waals surface area contributed by atoms with E-state index in [0.717, 1.165) is 22.1 Å². The lowest BCUT2D eigenvalue weighted by Gasteiger charge is -2.00. The van der Waals surface area contributed by atoms with E-state index in [-0.39, 0.29) is 0 Å². The molecule has 88 valence electrons. The van der Waals surface area contributed by atoms with Crippen LogP contribution in [0, 0.1) is 0 Å². The van der Waals surface area contributed by atoms with E-state index in [9.17, 15) is 4.79 Å². The van der Waals surface area contributed by atoms with Gasteiger partial charge in [-0.25, -0.2) is 0 Å². The van der Waals surface area contributed by atoms with Crippen molar-refractivity contribution < 1.29 is 4.79 Å². The predicted octanol–water partition coefficient (Wildman–Crippen LogP) is 4.13. The molecule has 0 radical (unpaired) electrons. The first-order chi connectivity index (χ1) is 8.86. The fraction of sp³-hybridized carbons (Fsp3) is 0. The molecule has 0 aliphatic heterocycles. The van der Waals surface area contributed by atoms with Gasteiger partial charge in [0, 0.05) is 32.5 Å². The van der Waals surface area contributed by atoms with Crippen LogP contribution in [0.2, 0.25) is 0 Å². The maximum Gasteiger partial charge on any atom is 0.150 e. The number of carbonyl (C=O) groups is 1. The van der Waals surface area contributed by atoms with Crippen molar-refractivity contribution in [1.29, 1.82) is 0 Å². The number of nitrogens with one attached hydrogen (secondary N) is 1. The zero-order valence-corrected chi connectivity index (χ0v) is 10.4. The Morgan fingerprint density at radius 3 is 2.67 bits per heavy atom. The third-order valence-corrected chi connectivity index (χ3v) is 3.84. The predicted molar refractivity (Wildman–Crippen MR) is 74.3 cm³/mol. The van der Waals surface area contributed by atoms with E-state index in [0.29, 0.717) is 5.56 Å². The average molecular weight is 253 g/mol. The Morgan fingerprint density at radius 2 is 1.89 bits per heavy atom. The van der Waals surface area contributed by atoms with Gasteiger partial charge in [0.25, 0.3) is 0 Å². The second kappa shape index (κ2) is 4.70. The van der Waals surface area contributed by atoms with Crippen molar-refractivity contribution in [3.05, 3.63) is 60.3 Å². The van der Waals surface area contributed by atoms with Gasteiger partial charge in [-0.15, -0.1) is 0 Å². The van der Waals surface area contributed by atoms with E-state index in [1.165, 1.54) is 4.90 Å². The molecule has 18 heavy (non-hydrogen) atoms. The van der Waals surface area contributed by atoms with Gasteiger partial charge in [-0.05, 0) is 30.3 Å². The van der Waals surface area contributed by atoms with Gasteiger partial charge in [0.05, 0.1) is 0 Å². The summed E-state index contributed by atoms with van der Waals surface area (Å²) in [5, 5.41) is 1.09. The quantitative estimate of drug-likeness (QED) is 0.712. The van der Waals surface area contributed by atoms with Gasteiger partial charge < -0.3 is 4.98 Å². The molecule has 0 unspecified atom stereocenters. The number of fused-ring (bicyclic) bond motifs is 1. The molecule has 0 saturated heterocycles. The highest BCUT2D eigenvalue weighted by Gasteiger charge is 2.06. The molecule has 0 spiro atoms. The molecule has 0 saturated carbocycles. The van der Waals surface area contributed by atoms with Crippen molar-refractivity contribution in [3.63, 3.8) is 0 Å². The summed E-state index contributed by atoms with van der Waals surface area (Å²) < 4.78 is 0. The Balaban J connectivity index is 2.04. The highest BCUT2D eigenvalue weighted by molar-refractivity contribution is 7.99. The lowest BCUT2D eigenvalue weighted by Crippen LogP contribution is -1.78. The molecule has 0 atom stereocenters. The van der Waals surface area contributed by atoms with Crippen molar-refractivity contribution in [1.82, 2.24) is 4.98 Å². The zero-order chi connectivity index (χ0) is 12.4. The standard InChI is InChI=1S/C15H11NOS/c17-10-11-6-7-14-13(8-11)15(9-16-14)18-12-4-2-1-3-5-12/h1-10,16H. The van der Waals surface area contributed by atoms with E-state index in [1.54, 1.807) is 11.8 Å². The highest BCUT2D eigenvalue weighted by Crippen LogP contribution is 2.33.